The molecule has 0 aromatic heterocycles. The summed E-state index contributed by atoms with van der Waals surface area (Å²) in [5.41, 5.74) is 12.9. The molecule has 0 bridgehead atoms. The molecule has 1 amide bonds. The van der Waals surface area contributed by atoms with Crippen molar-refractivity contribution in [3.63, 3.8) is 0 Å². The van der Waals surface area contributed by atoms with Crippen LogP contribution in [0.2, 0.25) is 0 Å². The maximum atomic E-state index is 13.0. The average molecular weight is 292 g/mol. The largest absolute Gasteiger partial charge is 0.368 e. The van der Waals surface area contributed by atoms with Gasteiger partial charge in [0.05, 0.1) is 12.1 Å². The number of hydrogen-bond donors (Lipinski definition) is 3. The quantitative estimate of drug-likeness (QED) is 0.757. The molecule has 21 heavy (non-hydrogen) atoms. The highest BCUT2D eigenvalue weighted by Gasteiger charge is 2.35. The second-order valence-corrected chi connectivity index (χ2v) is 5.87. The molecule has 1 aromatic carbocycles. The molecule has 0 radical (unpaired) electrons. The van der Waals surface area contributed by atoms with E-state index in [9.17, 15) is 9.18 Å². The van der Waals surface area contributed by atoms with Crippen molar-refractivity contribution in [2.75, 3.05) is 19.6 Å². The molecule has 4 N–H and O–H groups in total. The molecule has 2 unspecified atom stereocenters. The SMILES string of the molecule is NC(=O)[C@@H]1CCCN1CC1CNNC1c1ccc(F)cc1. The Morgan fingerprint density at radius 3 is 2.86 bits per heavy atom. The number of nitrogens with one attached hydrogen (secondary N) is 2. The summed E-state index contributed by atoms with van der Waals surface area (Å²) in [6.45, 7) is 2.56. The normalized spacial score (nSPS) is 29.9. The number of carbonyl (C=O) groups excluding carboxylic acids is 1. The van der Waals surface area contributed by atoms with Gasteiger partial charge in [0.1, 0.15) is 5.82 Å². The first kappa shape index (κ1) is 14.4. The van der Waals surface area contributed by atoms with Gasteiger partial charge in [-0.3, -0.25) is 15.1 Å². The minimum Gasteiger partial charge on any atom is -0.368 e. The number of hydrogen-bond acceptors (Lipinski definition) is 4. The number of hydrazine groups is 1. The first-order chi connectivity index (χ1) is 10.1. The van der Waals surface area contributed by atoms with Crippen LogP contribution in [-0.2, 0) is 4.79 Å². The number of rotatable bonds is 4. The van der Waals surface area contributed by atoms with Gasteiger partial charge >= 0.3 is 0 Å². The van der Waals surface area contributed by atoms with Crippen molar-refractivity contribution in [1.29, 1.82) is 0 Å². The van der Waals surface area contributed by atoms with Crippen LogP contribution in [0.4, 0.5) is 4.39 Å². The zero-order valence-electron chi connectivity index (χ0n) is 11.9. The fraction of sp³-hybridized carbons (Fsp3) is 0.533. The van der Waals surface area contributed by atoms with Crippen molar-refractivity contribution >= 4 is 5.91 Å². The van der Waals surface area contributed by atoms with E-state index < -0.39 is 0 Å². The lowest BCUT2D eigenvalue weighted by atomic mass is 9.94. The Morgan fingerprint density at radius 2 is 2.14 bits per heavy atom. The Labute approximate surface area is 123 Å². The van der Waals surface area contributed by atoms with Crippen LogP contribution >= 0.6 is 0 Å². The van der Waals surface area contributed by atoms with Gasteiger partial charge in [0.2, 0.25) is 5.91 Å². The zero-order chi connectivity index (χ0) is 14.8. The van der Waals surface area contributed by atoms with Crippen molar-refractivity contribution < 1.29 is 9.18 Å². The molecule has 2 saturated heterocycles. The summed E-state index contributed by atoms with van der Waals surface area (Å²) in [7, 11) is 0. The van der Waals surface area contributed by atoms with Gasteiger partial charge in [0.25, 0.3) is 0 Å². The van der Waals surface area contributed by atoms with Gasteiger partial charge in [-0.2, -0.15) is 0 Å². The van der Waals surface area contributed by atoms with Crippen LogP contribution in [0.15, 0.2) is 24.3 Å². The van der Waals surface area contributed by atoms with Crippen LogP contribution in [0.5, 0.6) is 0 Å². The molecular weight excluding hydrogens is 271 g/mol. The van der Waals surface area contributed by atoms with Crippen LogP contribution < -0.4 is 16.6 Å². The molecule has 2 aliphatic rings. The lowest BCUT2D eigenvalue weighted by Crippen LogP contribution is -2.43. The summed E-state index contributed by atoms with van der Waals surface area (Å²) < 4.78 is 13.0. The lowest BCUT2D eigenvalue weighted by molar-refractivity contribution is -0.122. The minimum absolute atomic E-state index is 0.125. The summed E-state index contributed by atoms with van der Waals surface area (Å²) in [5, 5.41) is 0. The first-order valence-electron chi connectivity index (χ1n) is 7.42. The number of carbonyl (C=O) groups is 1. The van der Waals surface area contributed by atoms with Crippen molar-refractivity contribution in [2.24, 2.45) is 11.7 Å². The number of primary amides is 1. The van der Waals surface area contributed by atoms with Crippen molar-refractivity contribution in [3.8, 4) is 0 Å². The first-order valence-corrected chi connectivity index (χ1v) is 7.42. The van der Waals surface area contributed by atoms with Crippen LogP contribution in [0.3, 0.4) is 0 Å². The number of likely N-dealkylation sites (tertiary alicyclic amines) is 1. The third kappa shape index (κ3) is 3.07. The van der Waals surface area contributed by atoms with Crippen molar-refractivity contribution in [2.45, 2.75) is 24.9 Å². The van der Waals surface area contributed by atoms with Crippen LogP contribution in [-0.4, -0.2) is 36.5 Å². The van der Waals surface area contributed by atoms with E-state index in [1.807, 2.05) is 12.1 Å². The number of benzene rings is 1. The van der Waals surface area contributed by atoms with E-state index in [2.05, 4.69) is 15.8 Å². The van der Waals surface area contributed by atoms with E-state index in [-0.39, 0.29) is 23.8 Å². The van der Waals surface area contributed by atoms with E-state index in [0.717, 1.165) is 38.0 Å². The zero-order valence-corrected chi connectivity index (χ0v) is 11.9. The highest BCUT2D eigenvalue weighted by atomic mass is 19.1. The van der Waals surface area contributed by atoms with Crippen LogP contribution in [0.1, 0.15) is 24.4 Å². The topological polar surface area (TPSA) is 70.4 Å². The smallest absolute Gasteiger partial charge is 0.234 e. The predicted octanol–water partition coefficient (Wildman–Crippen LogP) is 0.541. The molecule has 5 nitrogen and oxygen atoms in total. The number of amides is 1. The molecule has 1 aromatic rings. The van der Waals surface area contributed by atoms with Crippen molar-refractivity contribution in [3.05, 3.63) is 35.6 Å². The van der Waals surface area contributed by atoms with Crippen LogP contribution in [0, 0.1) is 11.7 Å². The maximum absolute atomic E-state index is 13.0. The molecule has 0 aliphatic carbocycles. The molecule has 2 heterocycles. The molecule has 2 aliphatic heterocycles. The van der Waals surface area contributed by atoms with E-state index in [4.69, 9.17) is 5.73 Å². The fourth-order valence-corrected chi connectivity index (χ4v) is 3.40. The third-order valence-corrected chi connectivity index (χ3v) is 4.48. The highest BCUT2D eigenvalue weighted by Crippen LogP contribution is 2.28. The molecule has 3 rings (SSSR count). The summed E-state index contributed by atoms with van der Waals surface area (Å²) in [6, 6.07) is 6.56. The summed E-state index contributed by atoms with van der Waals surface area (Å²) in [6.07, 6.45) is 1.87. The minimum atomic E-state index is -0.232. The summed E-state index contributed by atoms with van der Waals surface area (Å²) >= 11 is 0. The molecule has 114 valence electrons. The fourth-order valence-electron chi connectivity index (χ4n) is 3.40. The Kier molecular flexibility index (Phi) is 4.19. The molecule has 6 heteroatoms. The van der Waals surface area contributed by atoms with Gasteiger partial charge in [0, 0.05) is 19.0 Å². The average Bonchev–Trinajstić information content (AvgIpc) is 3.09. The van der Waals surface area contributed by atoms with Crippen molar-refractivity contribution in [1.82, 2.24) is 15.8 Å². The standard InChI is InChI=1S/C15H21FN4O/c16-12-5-3-10(4-6-12)14-11(8-18-19-14)9-20-7-1-2-13(20)15(17)21/h3-6,11,13-14,18-19H,1-2,7-9H2,(H2,17,21)/t11?,13-,14?/m0/s1. The van der Waals surface area contributed by atoms with Gasteiger partial charge in [-0.25, -0.2) is 9.82 Å². The molecule has 3 atom stereocenters. The Bertz CT molecular complexity index is 507. The summed E-state index contributed by atoms with van der Waals surface area (Å²) in [4.78, 5) is 13.7. The molecular formula is C15H21FN4O. The monoisotopic (exact) mass is 292 g/mol. The molecule has 2 fully saturated rings. The van der Waals surface area contributed by atoms with E-state index in [1.165, 1.54) is 12.1 Å². The highest BCUT2D eigenvalue weighted by molar-refractivity contribution is 5.80. The van der Waals surface area contributed by atoms with Gasteiger partial charge in [-0.15, -0.1) is 0 Å². The second-order valence-electron chi connectivity index (χ2n) is 5.87. The molecule has 0 saturated carbocycles. The molecule has 0 spiro atoms. The number of nitrogens with two attached hydrogens (primary N) is 1. The van der Waals surface area contributed by atoms with Gasteiger partial charge in [-0.05, 0) is 37.1 Å². The second kappa shape index (κ2) is 6.09. The van der Waals surface area contributed by atoms with E-state index >= 15 is 0 Å². The Morgan fingerprint density at radius 1 is 1.38 bits per heavy atom. The Balaban J connectivity index is 1.69. The van der Waals surface area contributed by atoms with Crippen LogP contribution in [0.25, 0.3) is 0 Å². The van der Waals surface area contributed by atoms with Gasteiger partial charge < -0.3 is 5.73 Å². The predicted molar refractivity (Wildman–Crippen MR) is 77.6 cm³/mol. The summed E-state index contributed by atoms with van der Waals surface area (Å²) in [5.74, 6) is -0.130. The number of nitrogens with zero attached hydrogens (tertiary/aromatic N) is 1. The van der Waals surface area contributed by atoms with Gasteiger partial charge in [-0.1, -0.05) is 12.1 Å². The third-order valence-electron chi connectivity index (χ3n) is 4.48. The maximum Gasteiger partial charge on any atom is 0.234 e. The number of halogens is 1. The van der Waals surface area contributed by atoms with E-state index in [0.29, 0.717) is 5.92 Å². The lowest BCUT2D eigenvalue weighted by Gasteiger charge is -2.27. The van der Waals surface area contributed by atoms with Gasteiger partial charge in [0.15, 0.2) is 0 Å². The van der Waals surface area contributed by atoms with E-state index in [1.54, 1.807) is 0 Å². The Hall–Kier alpha value is -1.50.